The Bertz CT molecular complexity index is 993. The molecule has 190 valence electrons. The highest BCUT2D eigenvalue weighted by molar-refractivity contribution is 5.93. The predicted molar refractivity (Wildman–Crippen MR) is 148 cm³/mol. The molecule has 0 aromatic heterocycles. The summed E-state index contributed by atoms with van der Waals surface area (Å²) in [5.41, 5.74) is 7.02. The molecule has 1 aromatic carbocycles. The third-order valence-corrected chi connectivity index (χ3v) is 8.49. The Labute approximate surface area is 213 Å². The maximum atomic E-state index is 12.1. The largest absolute Gasteiger partial charge is 0.393 e. The van der Waals surface area contributed by atoms with Gasteiger partial charge in [-0.25, -0.2) is 0 Å². The van der Waals surface area contributed by atoms with E-state index in [1.54, 1.807) is 12.5 Å². The molecule has 0 aliphatic heterocycles. The summed E-state index contributed by atoms with van der Waals surface area (Å²) >= 11 is 0. The number of hydrogen-bond acceptors (Lipinski definition) is 3. The molecule has 3 nitrogen and oxygen atoms in total. The number of aliphatic hydroxyl groups is 1. The lowest BCUT2D eigenvalue weighted by Crippen LogP contribution is -2.45. The summed E-state index contributed by atoms with van der Waals surface area (Å²) in [6, 6.07) is 9.03. The standard InChI is InChI=1S/C26H33NO2.C3H8.C3H4/c1-26-15-22(16-4-7-18(8-5-16)27(2)3)25-20-11-9-19(28)14-17(20)6-10-21(25)23(26)12-13-24(26)29;2*1-3-2/h4-5,7-8,14,21-24,29H,6,9-13,15H2,1-3H3;3H2,1-2H3;1H,2H3. The van der Waals surface area contributed by atoms with E-state index in [2.05, 4.69) is 76.4 Å². The summed E-state index contributed by atoms with van der Waals surface area (Å²) in [6.07, 6.45) is 14.4. The Morgan fingerprint density at radius 1 is 1.09 bits per heavy atom. The zero-order valence-electron chi connectivity index (χ0n) is 22.7. The molecule has 5 rings (SSSR count). The van der Waals surface area contributed by atoms with Crippen LogP contribution < -0.4 is 4.90 Å². The fraction of sp³-hybridized carbons (Fsp3) is 0.594. The summed E-state index contributed by atoms with van der Waals surface area (Å²) in [5.74, 6) is 4.05. The van der Waals surface area contributed by atoms with Crippen molar-refractivity contribution >= 4 is 11.5 Å². The second-order valence-corrected chi connectivity index (χ2v) is 11.2. The molecule has 5 atom stereocenters. The molecule has 4 aliphatic carbocycles. The normalized spacial score (nSPS) is 30.8. The number of allylic oxidation sites excluding steroid dienone is 4. The van der Waals surface area contributed by atoms with Crippen LogP contribution in [-0.4, -0.2) is 31.1 Å². The van der Waals surface area contributed by atoms with Crippen molar-refractivity contribution in [2.24, 2.45) is 17.3 Å². The minimum absolute atomic E-state index is 0.00527. The molecular weight excluding hydrogens is 430 g/mol. The number of anilines is 1. The Morgan fingerprint density at radius 2 is 1.71 bits per heavy atom. The van der Waals surface area contributed by atoms with Gasteiger partial charge in [0, 0.05) is 32.1 Å². The van der Waals surface area contributed by atoms with Gasteiger partial charge in [-0.2, -0.15) is 0 Å². The van der Waals surface area contributed by atoms with Gasteiger partial charge in [0.05, 0.1) is 6.10 Å². The van der Waals surface area contributed by atoms with Crippen molar-refractivity contribution in [2.75, 3.05) is 19.0 Å². The van der Waals surface area contributed by atoms with Gasteiger partial charge in [0.15, 0.2) is 5.78 Å². The van der Waals surface area contributed by atoms with Crippen LogP contribution in [0.2, 0.25) is 0 Å². The van der Waals surface area contributed by atoms with E-state index in [1.165, 1.54) is 28.8 Å². The second-order valence-electron chi connectivity index (χ2n) is 11.2. The van der Waals surface area contributed by atoms with Crippen molar-refractivity contribution in [1.82, 2.24) is 0 Å². The molecule has 1 N–H and O–H groups in total. The van der Waals surface area contributed by atoms with Crippen molar-refractivity contribution in [3.05, 3.63) is 52.6 Å². The molecule has 2 saturated carbocycles. The summed E-state index contributed by atoms with van der Waals surface area (Å²) in [7, 11) is 4.15. The van der Waals surface area contributed by atoms with Gasteiger partial charge < -0.3 is 10.0 Å². The number of rotatable bonds is 2. The van der Waals surface area contributed by atoms with Crippen molar-refractivity contribution < 1.29 is 9.90 Å². The number of carbonyl (C=O) groups excluding carboxylic acids is 1. The van der Waals surface area contributed by atoms with Crippen molar-refractivity contribution in [3.8, 4) is 12.3 Å². The maximum Gasteiger partial charge on any atom is 0.156 e. The summed E-state index contributed by atoms with van der Waals surface area (Å²) in [5, 5.41) is 10.9. The van der Waals surface area contributed by atoms with Gasteiger partial charge in [0.1, 0.15) is 0 Å². The minimum Gasteiger partial charge on any atom is -0.393 e. The van der Waals surface area contributed by atoms with Gasteiger partial charge in [-0.05, 0) is 97.6 Å². The van der Waals surface area contributed by atoms with Crippen LogP contribution in [0.25, 0.3) is 0 Å². The average molecular weight is 476 g/mol. The third-order valence-electron chi connectivity index (χ3n) is 8.49. The number of ketones is 1. The number of fused-ring (bicyclic) bond motifs is 4. The predicted octanol–water partition coefficient (Wildman–Crippen LogP) is 7.07. The maximum absolute atomic E-state index is 12.1. The number of hydrogen-bond donors (Lipinski definition) is 1. The van der Waals surface area contributed by atoms with Gasteiger partial charge in [-0.3, -0.25) is 4.79 Å². The molecule has 3 heteroatoms. The highest BCUT2D eigenvalue weighted by Gasteiger charge is 2.56. The Morgan fingerprint density at radius 3 is 2.31 bits per heavy atom. The van der Waals surface area contributed by atoms with E-state index < -0.39 is 0 Å². The van der Waals surface area contributed by atoms with Crippen LogP contribution in [0.4, 0.5) is 5.69 Å². The first-order valence-electron chi connectivity index (χ1n) is 13.5. The van der Waals surface area contributed by atoms with E-state index in [1.807, 2.05) is 6.08 Å². The lowest BCUT2D eigenvalue weighted by molar-refractivity contribution is -0.114. The molecule has 0 radical (unpaired) electrons. The third kappa shape index (κ3) is 5.44. The molecule has 4 aliphatic rings. The molecule has 2 fully saturated rings. The zero-order valence-corrected chi connectivity index (χ0v) is 22.7. The van der Waals surface area contributed by atoms with Gasteiger partial charge >= 0.3 is 0 Å². The lowest BCUT2D eigenvalue weighted by Gasteiger charge is -2.52. The van der Waals surface area contributed by atoms with Gasteiger partial charge in [-0.15, -0.1) is 12.3 Å². The molecule has 0 heterocycles. The fourth-order valence-electron chi connectivity index (χ4n) is 6.94. The van der Waals surface area contributed by atoms with Crippen LogP contribution >= 0.6 is 0 Å². The highest BCUT2D eigenvalue weighted by atomic mass is 16.3. The zero-order chi connectivity index (χ0) is 25.8. The van der Waals surface area contributed by atoms with Crippen LogP contribution in [0.3, 0.4) is 0 Å². The van der Waals surface area contributed by atoms with Crippen LogP contribution in [-0.2, 0) is 4.79 Å². The van der Waals surface area contributed by atoms with E-state index in [-0.39, 0.29) is 11.5 Å². The molecule has 0 amide bonds. The Hall–Kier alpha value is -2.31. The van der Waals surface area contributed by atoms with Crippen LogP contribution in [0.5, 0.6) is 0 Å². The number of benzene rings is 1. The molecule has 1 aromatic rings. The van der Waals surface area contributed by atoms with E-state index in [4.69, 9.17) is 0 Å². The number of terminal acetylenes is 1. The molecule has 0 bridgehead atoms. The van der Waals surface area contributed by atoms with Gasteiger partial charge in [-0.1, -0.05) is 44.9 Å². The van der Waals surface area contributed by atoms with Crippen LogP contribution in [0.1, 0.15) is 90.5 Å². The number of nitrogens with zero attached hydrogens (tertiary/aromatic N) is 1. The van der Waals surface area contributed by atoms with E-state index >= 15 is 0 Å². The number of aliphatic hydroxyl groups excluding tert-OH is 1. The summed E-state index contributed by atoms with van der Waals surface area (Å²) in [6.45, 7) is 8.24. The lowest BCUT2D eigenvalue weighted by atomic mass is 9.53. The van der Waals surface area contributed by atoms with E-state index in [0.717, 1.165) is 38.5 Å². The first-order chi connectivity index (χ1) is 16.7. The van der Waals surface area contributed by atoms with E-state index in [9.17, 15) is 9.90 Å². The SMILES string of the molecule is C#CC.CCC.CN(C)c1ccc(C2CC3(C)C(O)CCC3C3CCC4=CC(=O)CCC4=C23)cc1. The Balaban J connectivity index is 0.000000520. The summed E-state index contributed by atoms with van der Waals surface area (Å²) in [4.78, 5) is 14.2. The molecule has 35 heavy (non-hydrogen) atoms. The number of carbonyl (C=O) groups is 1. The van der Waals surface area contributed by atoms with Gasteiger partial charge in [0.25, 0.3) is 0 Å². The molecule has 0 saturated heterocycles. The smallest absolute Gasteiger partial charge is 0.156 e. The first kappa shape index (κ1) is 27.3. The fourth-order valence-corrected chi connectivity index (χ4v) is 6.94. The van der Waals surface area contributed by atoms with Crippen molar-refractivity contribution in [1.29, 1.82) is 0 Å². The van der Waals surface area contributed by atoms with E-state index in [0.29, 0.717) is 30.0 Å². The second kappa shape index (κ2) is 11.6. The molecule has 0 spiro atoms. The van der Waals surface area contributed by atoms with Gasteiger partial charge in [0.2, 0.25) is 0 Å². The van der Waals surface area contributed by atoms with Crippen LogP contribution in [0, 0.1) is 29.6 Å². The topological polar surface area (TPSA) is 40.5 Å². The van der Waals surface area contributed by atoms with Crippen molar-refractivity contribution in [2.45, 2.75) is 91.1 Å². The Kier molecular flexibility index (Phi) is 9.05. The van der Waals surface area contributed by atoms with Crippen molar-refractivity contribution in [3.63, 3.8) is 0 Å². The summed E-state index contributed by atoms with van der Waals surface area (Å²) < 4.78 is 0. The quantitative estimate of drug-likeness (QED) is 0.465. The molecular formula is C32H45NO2. The van der Waals surface area contributed by atoms with Crippen LogP contribution in [0.15, 0.2) is 47.1 Å². The monoisotopic (exact) mass is 475 g/mol. The average Bonchev–Trinajstić information content (AvgIpc) is 3.13. The molecule has 5 unspecified atom stereocenters. The first-order valence-corrected chi connectivity index (χ1v) is 13.5. The minimum atomic E-state index is -0.188. The highest BCUT2D eigenvalue weighted by Crippen LogP contribution is 2.63.